The summed E-state index contributed by atoms with van der Waals surface area (Å²) in [5, 5.41) is 0. The van der Waals surface area contributed by atoms with Gasteiger partial charge in [0, 0.05) is 31.7 Å². The molecule has 0 aromatic carbocycles. The molecule has 0 aromatic rings. The van der Waals surface area contributed by atoms with Gasteiger partial charge < -0.3 is 14.7 Å². The monoisotopic (exact) mass is 271 g/mol. The van der Waals surface area contributed by atoms with Crippen molar-refractivity contribution in [1.29, 1.82) is 0 Å². The number of nitrogens with zero attached hydrogens (tertiary/aromatic N) is 3. The highest BCUT2D eigenvalue weighted by atomic mass is 15.2. The average molecular weight is 271 g/mol. The van der Waals surface area contributed by atoms with Gasteiger partial charge in [-0.15, -0.1) is 0 Å². The fourth-order valence-corrected chi connectivity index (χ4v) is 2.14. The Balaban J connectivity index is 3.84. The van der Waals surface area contributed by atoms with Crippen LogP contribution in [0.5, 0.6) is 0 Å². The molecule has 0 amide bonds. The zero-order chi connectivity index (χ0) is 15.0. The second-order valence-corrected chi connectivity index (χ2v) is 6.85. The van der Waals surface area contributed by atoms with Gasteiger partial charge in [-0.05, 0) is 60.8 Å². The first kappa shape index (κ1) is 18.9. The van der Waals surface area contributed by atoms with E-state index in [4.69, 9.17) is 0 Å². The Morgan fingerprint density at radius 2 is 1.26 bits per heavy atom. The van der Waals surface area contributed by atoms with E-state index >= 15 is 0 Å². The summed E-state index contributed by atoms with van der Waals surface area (Å²) < 4.78 is 0. The van der Waals surface area contributed by atoms with Crippen LogP contribution in [0.3, 0.4) is 0 Å². The maximum absolute atomic E-state index is 2.49. The van der Waals surface area contributed by atoms with E-state index in [9.17, 15) is 0 Å². The highest BCUT2D eigenvalue weighted by Crippen LogP contribution is 2.05. The fraction of sp³-hybridized carbons (Fsp3) is 1.00. The van der Waals surface area contributed by atoms with Crippen molar-refractivity contribution in [2.75, 3.05) is 47.3 Å². The second-order valence-electron chi connectivity index (χ2n) is 6.85. The standard InChI is InChI=1S/C16H37N3/c1-14(2)13-17(6)10-9-16(5)19(8)12-11-18(7)15(3)4/h14-16H,9-13H2,1-8H3. The highest BCUT2D eigenvalue weighted by molar-refractivity contribution is 4.68. The van der Waals surface area contributed by atoms with E-state index in [0.717, 1.165) is 19.0 Å². The van der Waals surface area contributed by atoms with E-state index < -0.39 is 0 Å². The molecule has 0 radical (unpaired) electrons. The minimum Gasteiger partial charge on any atom is -0.306 e. The normalized spacial score (nSPS) is 14.4. The Bertz CT molecular complexity index is 216. The highest BCUT2D eigenvalue weighted by Gasteiger charge is 2.12. The van der Waals surface area contributed by atoms with Crippen LogP contribution < -0.4 is 0 Å². The molecule has 1 atom stereocenters. The molecule has 0 N–H and O–H groups in total. The summed E-state index contributed by atoms with van der Waals surface area (Å²) in [6.45, 7) is 16.1. The van der Waals surface area contributed by atoms with E-state index in [0.29, 0.717) is 12.1 Å². The first-order valence-electron chi connectivity index (χ1n) is 7.83. The van der Waals surface area contributed by atoms with Gasteiger partial charge in [0.15, 0.2) is 0 Å². The number of hydrogen-bond donors (Lipinski definition) is 0. The molecule has 0 rings (SSSR count). The number of likely N-dealkylation sites (N-methyl/N-ethyl adjacent to an activating group) is 2. The van der Waals surface area contributed by atoms with Crippen LogP contribution in [0.4, 0.5) is 0 Å². The molecule has 0 aromatic heterocycles. The van der Waals surface area contributed by atoms with Crippen molar-refractivity contribution in [2.24, 2.45) is 5.92 Å². The summed E-state index contributed by atoms with van der Waals surface area (Å²) in [6, 6.07) is 1.30. The van der Waals surface area contributed by atoms with Crippen LogP contribution in [0.15, 0.2) is 0 Å². The van der Waals surface area contributed by atoms with Gasteiger partial charge in [0.1, 0.15) is 0 Å². The molecule has 3 nitrogen and oxygen atoms in total. The predicted octanol–water partition coefficient (Wildman–Crippen LogP) is 2.62. The van der Waals surface area contributed by atoms with E-state index in [-0.39, 0.29) is 0 Å². The van der Waals surface area contributed by atoms with Crippen molar-refractivity contribution >= 4 is 0 Å². The maximum atomic E-state index is 2.49. The molecule has 0 heterocycles. The van der Waals surface area contributed by atoms with Gasteiger partial charge in [-0.3, -0.25) is 0 Å². The average Bonchev–Trinajstić information content (AvgIpc) is 2.31. The quantitative estimate of drug-likeness (QED) is 0.605. The zero-order valence-corrected chi connectivity index (χ0v) is 14.6. The third-order valence-corrected chi connectivity index (χ3v) is 4.04. The van der Waals surface area contributed by atoms with E-state index in [1.807, 2.05) is 0 Å². The zero-order valence-electron chi connectivity index (χ0n) is 14.6. The lowest BCUT2D eigenvalue weighted by Crippen LogP contribution is -2.39. The molecule has 0 aliphatic heterocycles. The molecule has 1 unspecified atom stereocenters. The van der Waals surface area contributed by atoms with Crippen LogP contribution in [0.2, 0.25) is 0 Å². The Kier molecular flexibility index (Phi) is 9.67. The van der Waals surface area contributed by atoms with Crippen LogP contribution in [-0.2, 0) is 0 Å². The van der Waals surface area contributed by atoms with Crippen molar-refractivity contribution in [1.82, 2.24) is 14.7 Å². The molecule has 0 fully saturated rings. The van der Waals surface area contributed by atoms with Gasteiger partial charge in [-0.25, -0.2) is 0 Å². The third-order valence-electron chi connectivity index (χ3n) is 4.04. The van der Waals surface area contributed by atoms with Crippen LogP contribution in [0, 0.1) is 5.92 Å². The largest absolute Gasteiger partial charge is 0.306 e. The molecule has 0 spiro atoms. The number of hydrogen-bond acceptors (Lipinski definition) is 3. The lowest BCUT2D eigenvalue weighted by atomic mass is 10.1. The van der Waals surface area contributed by atoms with Gasteiger partial charge in [0.2, 0.25) is 0 Å². The fourth-order valence-electron chi connectivity index (χ4n) is 2.14. The van der Waals surface area contributed by atoms with Gasteiger partial charge in [-0.1, -0.05) is 13.8 Å². The second kappa shape index (κ2) is 9.73. The molecule has 19 heavy (non-hydrogen) atoms. The molecule has 0 saturated carbocycles. The van der Waals surface area contributed by atoms with Crippen LogP contribution in [0.1, 0.15) is 41.0 Å². The van der Waals surface area contributed by atoms with Crippen LogP contribution in [-0.4, -0.2) is 74.1 Å². The topological polar surface area (TPSA) is 9.72 Å². The Hall–Kier alpha value is -0.120. The summed E-state index contributed by atoms with van der Waals surface area (Å²) in [5.74, 6) is 0.762. The molecule has 3 heteroatoms. The van der Waals surface area contributed by atoms with Gasteiger partial charge in [0.25, 0.3) is 0 Å². The van der Waals surface area contributed by atoms with Crippen LogP contribution in [0.25, 0.3) is 0 Å². The van der Waals surface area contributed by atoms with Gasteiger partial charge in [0.05, 0.1) is 0 Å². The smallest absolute Gasteiger partial charge is 0.0109 e. The maximum Gasteiger partial charge on any atom is 0.0109 e. The summed E-state index contributed by atoms with van der Waals surface area (Å²) in [6.07, 6.45) is 1.26. The minimum atomic E-state index is 0.640. The first-order chi connectivity index (χ1) is 8.73. The molecule has 0 aliphatic carbocycles. The molecule has 116 valence electrons. The Morgan fingerprint density at radius 3 is 1.74 bits per heavy atom. The lowest BCUT2D eigenvalue weighted by molar-refractivity contribution is 0.176. The Morgan fingerprint density at radius 1 is 0.737 bits per heavy atom. The van der Waals surface area contributed by atoms with Crippen molar-refractivity contribution in [2.45, 2.75) is 53.1 Å². The predicted molar refractivity (Wildman–Crippen MR) is 86.8 cm³/mol. The summed E-state index contributed by atoms with van der Waals surface area (Å²) in [5.41, 5.74) is 0. The summed E-state index contributed by atoms with van der Waals surface area (Å²) in [4.78, 5) is 7.35. The van der Waals surface area contributed by atoms with Gasteiger partial charge in [-0.2, -0.15) is 0 Å². The van der Waals surface area contributed by atoms with Crippen molar-refractivity contribution < 1.29 is 0 Å². The first-order valence-corrected chi connectivity index (χ1v) is 7.83. The molecular weight excluding hydrogens is 234 g/mol. The van der Waals surface area contributed by atoms with Gasteiger partial charge >= 0.3 is 0 Å². The number of rotatable bonds is 10. The van der Waals surface area contributed by atoms with E-state index in [1.54, 1.807) is 0 Å². The van der Waals surface area contributed by atoms with E-state index in [2.05, 4.69) is 70.5 Å². The lowest BCUT2D eigenvalue weighted by Gasteiger charge is -2.30. The van der Waals surface area contributed by atoms with Crippen molar-refractivity contribution in [3.63, 3.8) is 0 Å². The molecule has 0 aliphatic rings. The molecular formula is C16H37N3. The van der Waals surface area contributed by atoms with Crippen LogP contribution >= 0.6 is 0 Å². The summed E-state index contributed by atoms with van der Waals surface area (Å²) >= 11 is 0. The molecule has 0 saturated heterocycles. The van der Waals surface area contributed by atoms with E-state index in [1.165, 1.54) is 19.5 Å². The van der Waals surface area contributed by atoms with Crippen molar-refractivity contribution in [3.05, 3.63) is 0 Å². The summed E-state index contributed by atoms with van der Waals surface area (Å²) in [7, 11) is 6.69. The SMILES string of the molecule is CC(C)CN(C)CCC(C)N(C)CCN(C)C(C)C. The minimum absolute atomic E-state index is 0.640. The van der Waals surface area contributed by atoms with Crippen molar-refractivity contribution in [3.8, 4) is 0 Å². The Labute approximate surface area is 121 Å². The third kappa shape index (κ3) is 9.42. The molecule has 0 bridgehead atoms.